The molecule has 2 aromatic carbocycles. The maximum Gasteiger partial charge on any atom is 0.201 e. The molecular formula is C16H11Cl7O2. The van der Waals surface area contributed by atoms with E-state index in [-0.39, 0.29) is 10.0 Å². The highest BCUT2D eigenvalue weighted by Gasteiger charge is 2.40. The van der Waals surface area contributed by atoms with Crippen molar-refractivity contribution < 1.29 is 9.47 Å². The van der Waals surface area contributed by atoms with Crippen LogP contribution in [0, 0.1) is 0 Å². The Balaban J connectivity index is 2.86. The van der Waals surface area contributed by atoms with Crippen LogP contribution in [0.5, 0.6) is 11.5 Å². The molecular weight excluding hydrogens is 472 g/mol. The first-order valence-corrected chi connectivity index (χ1v) is 9.37. The minimum atomic E-state index is -1.80. The first-order valence-electron chi connectivity index (χ1n) is 6.72. The second kappa shape index (κ2) is 8.39. The third-order valence-electron chi connectivity index (χ3n) is 3.43. The normalized spacial score (nSPS) is 11.8. The molecule has 0 atom stereocenters. The quantitative estimate of drug-likeness (QED) is 0.413. The van der Waals surface area contributed by atoms with Gasteiger partial charge in [-0.1, -0.05) is 81.2 Å². The van der Waals surface area contributed by atoms with E-state index in [4.69, 9.17) is 90.7 Å². The molecule has 0 saturated heterocycles. The molecule has 0 amide bonds. The molecule has 25 heavy (non-hydrogen) atoms. The van der Waals surface area contributed by atoms with Gasteiger partial charge in [-0.25, -0.2) is 0 Å². The summed E-state index contributed by atoms with van der Waals surface area (Å²) in [7, 11) is 2.91. The highest BCUT2D eigenvalue weighted by Crippen LogP contribution is 2.53. The molecule has 0 radical (unpaired) electrons. The first kappa shape index (κ1) is 21.4. The largest absolute Gasteiger partial charge is 0.495 e. The summed E-state index contributed by atoms with van der Waals surface area (Å²) in [4.78, 5) is 0. The molecule has 0 bridgehead atoms. The van der Waals surface area contributed by atoms with E-state index in [2.05, 4.69) is 0 Å². The number of hydrogen-bond acceptors (Lipinski definition) is 2. The lowest BCUT2D eigenvalue weighted by molar-refractivity contribution is 0.400. The zero-order chi connectivity index (χ0) is 18.9. The van der Waals surface area contributed by atoms with E-state index in [0.717, 1.165) is 0 Å². The Morgan fingerprint density at radius 2 is 1.08 bits per heavy atom. The van der Waals surface area contributed by atoms with Crippen molar-refractivity contribution in [2.45, 2.75) is 9.71 Å². The zero-order valence-corrected chi connectivity index (χ0v) is 18.1. The van der Waals surface area contributed by atoms with Crippen molar-refractivity contribution in [1.82, 2.24) is 0 Å². The maximum atomic E-state index is 6.28. The minimum Gasteiger partial charge on any atom is -0.495 e. The van der Waals surface area contributed by atoms with Crippen molar-refractivity contribution in [1.29, 1.82) is 0 Å². The summed E-state index contributed by atoms with van der Waals surface area (Å²) >= 11 is 43.6. The molecule has 0 aliphatic carbocycles. The smallest absolute Gasteiger partial charge is 0.201 e. The van der Waals surface area contributed by atoms with E-state index in [1.165, 1.54) is 26.4 Å². The van der Waals surface area contributed by atoms with Gasteiger partial charge in [0.2, 0.25) is 3.79 Å². The molecule has 2 nitrogen and oxygen atoms in total. The first-order chi connectivity index (χ1) is 11.6. The molecule has 0 aliphatic heterocycles. The van der Waals surface area contributed by atoms with Crippen LogP contribution in [0.1, 0.15) is 17.0 Å². The monoisotopic (exact) mass is 480 g/mol. The lowest BCUT2D eigenvalue weighted by atomic mass is 9.91. The molecule has 0 N–H and O–H groups in total. The highest BCUT2D eigenvalue weighted by atomic mass is 35.6. The fourth-order valence-corrected chi connectivity index (χ4v) is 4.42. The fourth-order valence-electron chi connectivity index (χ4n) is 2.54. The molecule has 136 valence electrons. The third-order valence-corrected chi connectivity index (χ3v) is 5.08. The Labute approximate surface area is 180 Å². The van der Waals surface area contributed by atoms with Crippen molar-refractivity contribution in [3.8, 4) is 11.5 Å². The number of halogens is 7. The van der Waals surface area contributed by atoms with Crippen LogP contribution in [0.2, 0.25) is 20.1 Å². The van der Waals surface area contributed by atoms with E-state index >= 15 is 0 Å². The predicted molar refractivity (Wildman–Crippen MR) is 108 cm³/mol. The van der Waals surface area contributed by atoms with Crippen molar-refractivity contribution in [3.63, 3.8) is 0 Å². The number of rotatable bonds is 4. The van der Waals surface area contributed by atoms with Crippen molar-refractivity contribution in [2.24, 2.45) is 0 Å². The van der Waals surface area contributed by atoms with Crippen LogP contribution in [-0.4, -0.2) is 18.0 Å². The zero-order valence-electron chi connectivity index (χ0n) is 12.8. The molecule has 0 spiro atoms. The summed E-state index contributed by atoms with van der Waals surface area (Å²) in [6, 6.07) is 6.27. The lowest BCUT2D eigenvalue weighted by Gasteiger charge is -2.29. The van der Waals surface area contributed by atoms with Gasteiger partial charge in [0.25, 0.3) is 0 Å². The van der Waals surface area contributed by atoms with Crippen molar-refractivity contribution in [3.05, 3.63) is 55.5 Å². The molecule has 0 fully saturated rings. The highest BCUT2D eigenvalue weighted by molar-refractivity contribution is 6.68. The van der Waals surface area contributed by atoms with E-state index in [1.807, 2.05) is 0 Å². The lowest BCUT2D eigenvalue weighted by Crippen LogP contribution is -2.20. The Morgan fingerprint density at radius 1 is 0.720 bits per heavy atom. The number of ether oxygens (including phenoxy) is 2. The summed E-state index contributed by atoms with van der Waals surface area (Å²) in [6.07, 6.45) is 0. The molecule has 9 heteroatoms. The van der Waals surface area contributed by atoms with Gasteiger partial charge in [0, 0.05) is 21.2 Å². The topological polar surface area (TPSA) is 18.5 Å². The molecule has 2 aromatic rings. The molecule has 0 heterocycles. The van der Waals surface area contributed by atoms with Gasteiger partial charge in [-0.15, -0.1) is 0 Å². The summed E-state index contributed by atoms with van der Waals surface area (Å²) in [5.41, 5.74) is 0.910. The molecule has 0 aromatic heterocycles. The molecule has 2 rings (SSSR count). The Hall–Kier alpha value is 0.0700. The van der Waals surface area contributed by atoms with E-state index < -0.39 is 9.71 Å². The second-order valence-electron chi connectivity index (χ2n) is 4.99. The van der Waals surface area contributed by atoms with Gasteiger partial charge in [0.15, 0.2) is 0 Å². The van der Waals surface area contributed by atoms with Crippen LogP contribution < -0.4 is 9.47 Å². The Kier molecular flexibility index (Phi) is 7.17. The van der Waals surface area contributed by atoms with Gasteiger partial charge < -0.3 is 9.47 Å². The Bertz CT molecular complexity index is 728. The van der Waals surface area contributed by atoms with Crippen LogP contribution in [0.3, 0.4) is 0 Å². The molecule has 0 saturated carbocycles. The minimum absolute atomic E-state index is 0.274. The van der Waals surface area contributed by atoms with Gasteiger partial charge in [-0.05, 0) is 24.3 Å². The molecule has 0 unspecified atom stereocenters. The second-order valence-corrected chi connectivity index (χ2v) is 9.05. The summed E-state index contributed by atoms with van der Waals surface area (Å²) in [5.74, 6) is -0.226. The average Bonchev–Trinajstić information content (AvgIpc) is 2.45. The Morgan fingerprint density at radius 3 is 1.36 bits per heavy atom. The number of methoxy groups -OCH3 is 2. The summed E-state index contributed by atoms with van der Waals surface area (Å²) in [5, 5.41) is 1.26. The van der Waals surface area contributed by atoms with Crippen LogP contribution in [-0.2, 0) is 0 Å². The maximum absolute atomic E-state index is 6.28. The van der Waals surface area contributed by atoms with Gasteiger partial charge >= 0.3 is 0 Å². The van der Waals surface area contributed by atoms with Gasteiger partial charge in [0.05, 0.1) is 30.2 Å². The summed E-state index contributed by atoms with van der Waals surface area (Å²) < 4.78 is 8.98. The third kappa shape index (κ3) is 4.68. The van der Waals surface area contributed by atoms with Gasteiger partial charge in [-0.3, -0.25) is 0 Å². The standard InChI is InChI=1S/C16H11Cl7O2/c1-24-14-9(3-7(17)5-11(14)19)13(16(21,22)23)10-4-8(18)6-12(20)15(10)25-2/h3-6,13H,1-2H3. The van der Waals surface area contributed by atoms with E-state index in [9.17, 15) is 0 Å². The summed E-state index contributed by atoms with van der Waals surface area (Å²) in [6.45, 7) is 0. The number of benzene rings is 2. The predicted octanol–water partition coefficient (Wildman–Crippen LogP) is 7.82. The van der Waals surface area contributed by atoms with Gasteiger partial charge in [0.1, 0.15) is 11.5 Å². The van der Waals surface area contributed by atoms with Crippen molar-refractivity contribution in [2.75, 3.05) is 14.2 Å². The molecule has 0 aliphatic rings. The van der Waals surface area contributed by atoms with Crippen LogP contribution in [0.15, 0.2) is 24.3 Å². The SMILES string of the molecule is COc1c(Cl)cc(Cl)cc1C(c1cc(Cl)cc(Cl)c1OC)C(Cl)(Cl)Cl. The van der Waals surface area contributed by atoms with Crippen LogP contribution in [0.4, 0.5) is 0 Å². The van der Waals surface area contributed by atoms with Crippen LogP contribution >= 0.6 is 81.2 Å². The fraction of sp³-hybridized carbons (Fsp3) is 0.250. The van der Waals surface area contributed by atoms with E-state index in [1.54, 1.807) is 12.1 Å². The average molecular weight is 483 g/mol. The van der Waals surface area contributed by atoms with E-state index in [0.29, 0.717) is 32.7 Å². The van der Waals surface area contributed by atoms with Crippen LogP contribution in [0.25, 0.3) is 0 Å². The van der Waals surface area contributed by atoms with Gasteiger partial charge in [-0.2, -0.15) is 0 Å². The number of hydrogen-bond donors (Lipinski definition) is 0. The van der Waals surface area contributed by atoms with Crippen molar-refractivity contribution >= 4 is 81.2 Å². The number of alkyl halides is 3.